The Bertz CT molecular complexity index is 860. The minimum Gasteiger partial charge on any atom is -0.508 e. The second-order valence-electron chi connectivity index (χ2n) is 6.52. The smallest absolute Gasteiger partial charge is 0.195 e. The van der Waals surface area contributed by atoms with Crippen molar-refractivity contribution in [2.24, 2.45) is 10.7 Å². The number of nitrogens with two attached hydrogens (primary N) is 1. The predicted molar refractivity (Wildman–Crippen MR) is 109 cm³/mol. The van der Waals surface area contributed by atoms with Gasteiger partial charge in [-0.1, -0.05) is 29.8 Å². The monoisotopic (exact) mass is 370 g/mol. The van der Waals surface area contributed by atoms with Crippen LogP contribution in [-0.4, -0.2) is 43.2 Å². The van der Waals surface area contributed by atoms with Crippen LogP contribution < -0.4 is 10.6 Å². The fraction of sp³-hybridized carbons (Fsp3) is 0.250. The van der Waals surface area contributed by atoms with Gasteiger partial charge in [-0.15, -0.1) is 0 Å². The Morgan fingerprint density at radius 1 is 1.19 bits per heavy atom. The zero-order chi connectivity index (χ0) is 18.7. The van der Waals surface area contributed by atoms with E-state index in [9.17, 15) is 5.11 Å². The Morgan fingerprint density at radius 2 is 1.96 bits per heavy atom. The summed E-state index contributed by atoms with van der Waals surface area (Å²) in [5.74, 6) is 0.640. The van der Waals surface area contributed by atoms with Crippen molar-refractivity contribution in [3.05, 3.63) is 64.7 Å². The van der Waals surface area contributed by atoms with Gasteiger partial charge in [0.05, 0.1) is 5.70 Å². The Hall–Kier alpha value is -2.66. The number of phenolic OH excluding ortho intramolecular Hbond substituents is 1. The van der Waals surface area contributed by atoms with Crippen LogP contribution in [0, 0.1) is 0 Å². The molecule has 1 aliphatic rings. The van der Waals surface area contributed by atoms with Gasteiger partial charge in [0.25, 0.3) is 0 Å². The summed E-state index contributed by atoms with van der Waals surface area (Å²) in [4.78, 5) is 8.69. The van der Waals surface area contributed by atoms with E-state index in [1.54, 1.807) is 17.0 Å². The molecule has 26 heavy (non-hydrogen) atoms. The standard InChI is InChI=1S/C20H23ClN4O/c1-24(2)20(22)23-19(14-5-3-8-18(26)11-14)15-9-10-25(13-15)17-7-4-6-16(21)12-17/h3-8,11-12,26H,9-10,13H2,1-2H3,(H2,22,23). The van der Waals surface area contributed by atoms with Crippen LogP contribution in [0.25, 0.3) is 5.70 Å². The number of phenols is 1. The molecule has 0 spiro atoms. The van der Waals surface area contributed by atoms with E-state index in [0.717, 1.165) is 41.5 Å². The highest BCUT2D eigenvalue weighted by atomic mass is 35.5. The second kappa shape index (κ2) is 7.70. The third-order valence-corrected chi connectivity index (χ3v) is 4.61. The molecular weight excluding hydrogens is 348 g/mol. The molecule has 1 heterocycles. The van der Waals surface area contributed by atoms with Gasteiger partial charge < -0.3 is 20.6 Å². The zero-order valence-electron chi connectivity index (χ0n) is 15.0. The number of halogens is 1. The molecule has 6 heteroatoms. The molecule has 1 fully saturated rings. The molecular formula is C20H23ClN4O. The van der Waals surface area contributed by atoms with E-state index in [0.29, 0.717) is 5.96 Å². The molecule has 0 aliphatic carbocycles. The van der Waals surface area contributed by atoms with Gasteiger partial charge in [0, 0.05) is 43.5 Å². The molecule has 3 rings (SSSR count). The molecule has 1 saturated heterocycles. The summed E-state index contributed by atoms with van der Waals surface area (Å²) < 4.78 is 0. The highest BCUT2D eigenvalue weighted by Crippen LogP contribution is 2.32. The van der Waals surface area contributed by atoms with E-state index in [1.165, 1.54) is 5.57 Å². The number of aliphatic imine (C=N–C) groups is 1. The predicted octanol–water partition coefficient (Wildman–Crippen LogP) is 3.54. The number of aromatic hydroxyl groups is 1. The molecule has 136 valence electrons. The number of benzene rings is 2. The summed E-state index contributed by atoms with van der Waals surface area (Å²) >= 11 is 6.13. The van der Waals surface area contributed by atoms with Crippen LogP contribution in [0.3, 0.4) is 0 Å². The summed E-state index contributed by atoms with van der Waals surface area (Å²) in [6.07, 6.45) is 0.877. The Labute approximate surface area is 159 Å². The van der Waals surface area contributed by atoms with E-state index in [2.05, 4.69) is 16.0 Å². The highest BCUT2D eigenvalue weighted by molar-refractivity contribution is 6.30. The Kier molecular flexibility index (Phi) is 5.38. The molecule has 0 unspecified atom stereocenters. The summed E-state index contributed by atoms with van der Waals surface area (Å²) in [6, 6.07) is 15.0. The van der Waals surface area contributed by atoms with Gasteiger partial charge in [0.15, 0.2) is 5.96 Å². The van der Waals surface area contributed by atoms with Gasteiger partial charge >= 0.3 is 0 Å². The third kappa shape index (κ3) is 4.11. The summed E-state index contributed by atoms with van der Waals surface area (Å²) in [7, 11) is 3.72. The minimum atomic E-state index is 0.212. The van der Waals surface area contributed by atoms with Crippen LogP contribution in [0.1, 0.15) is 12.0 Å². The van der Waals surface area contributed by atoms with Crippen LogP contribution in [0.4, 0.5) is 5.69 Å². The Morgan fingerprint density at radius 3 is 2.65 bits per heavy atom. The van der Waals surface area contributed by atoms with Crippen LogP contribution in [0.2, 0.25) is 5.02 Å². The summed E-state index contributed by atoms with van der Waals surface area (Å²) in [5.41, 5.74) is 10.0. The van der Waals surface area contributed by atoms with Crippen LogP contribution in [0.15, 0.2) is 59.1 Å². The third-order valence-electron chi connectivity index (χ3n) is 4.38. The molecule has 0 radical (unpaired) electrons. The highest BCUT2D eigenvalue weighted by Gasteiger charge is 2.22. The topological polar surface area (TPSA) is 65.1 Å². The first-order valence-corrected chi connectivity index (χ1v) is 8.85. The summed E-state index contributed by atoms with van der Waals surface area (Å²) in [5, 5.41) is 10.6. The van der Waals surface area contributed by atoms with Crippen molar-refractivity contribution in [2.45, 2.75) is 6.42 Å². The molecule has 0 atom stereocenters. The molecule has 5 nitrogen and oxygen atoms in total. The van der Waals surface area contributed by atoms with E-state index in [-0.39, 0.29) is 5.75 Å². The number of rotatable bonds is 3. The van der Waals surface area contributed by atoms with E-state index in [1.807, 2.05) is 44.4 Å². The van der Waals surface area contributed by atoms with Gasteiger partial charge in [-0.2, -0.15) is 0 Å². The van der Waals surface area contributed by atoms with Crippen LogP contribution >= 0.6 is 11.6 Å². The first-order valence-electron chi connectivity index (χ1n) is 8.47. The molecule has 0 bridgehead atoms. The van der Waals surface area contributed by atoms with Gasteiger partial charge in [-0.25, -0.2) is 4.99 Å². The molecule has 0 amide bonds. The number of nitrogens with zero attached hydrogens (tertiary/aromatic N) is 3. The molecule has 3 N–H and O–H groups in total. The fourth-order valence-corrected chi connectivity index (χ4v) is 3.14. The second-order valence-corrected chi connectivity index (χ2v) is 6.95. The van der Waals surface area contributed by atoms with Crippen molar-refractivity contribution < 1.29 is 5.11 Å². The zero-order valence-corrected chi connectivity index (χ0v) is 15.7. The number of hydrogen-bond acceptors (Lipinski definition) is 3. The lowest BCUT2D eigenvalue weighted by Crippen LogP contribution is -2.30. The van der Waals surface area contributed by atoms with E-state index in [4.69, 9.17) is 17.3 Å². The van der Waals surface area contributed by atoms with Crippen LogP contribution in [0.5, 0.6) is 5.75 Å². The lowest BCUT2D eigenvalue weighted by atomic mass is 10.1. The average Bonchev–Trinajstić information content (AvgIpc) is 3.09. The molecule has 0 saturated carbocycles. The van der Waals surface area contributed by atoms with Gasteiger partial charge in [-0.3, -0.25) is 0 Å². The molecule has 2 aromatic rings. The molecule has 1 aliphatic heterocycles. The average molecular weight is 371 g/mol. The van der Waals surface area contributed by atoms with Gasteiger partial charge in [0.1, 0.15) is 5.75 Å². The van der Waals surface area contributed by atoms with Crippen LogP contribution in [-0.2, 0) is 0 Å². The van der Waals surface area contributed by atoms with Crippen molar-refractivity contribution in [2.75, 3.05) is 32.1 Å². The van der Waals surface area contributed by atoms with Crippen molar-refractivity contribution in [1.29, 1.82) is 0 Å². The largest absolute Gasteiger partial charge is 0.508 e. The lowest BCUT2D eigenvalue weighted by molar-refractivity contribution is 0.475. The SMILES string of the molecule is CN(C)C(N)=NC(=C1CCN(c2cccc(Cl)c2)C1)c1cccc(O)c1. The fourth-order valence-electron chi connectivity index (χ4n) is 2.96. The maximum Gasteiger partial charge on any atom is 0.195 e. The first-order chi connectivity index (χ1) is 12.4. The van der Waals surface area contributed by atoms with Gasteiger partial charge in [0.2, 0.25) is 0 Å². The molecule has 2 aromatic carbocycles. The molecule has 0 aromatic heterocycles. The quantitative estimate of drug-likeness (QED) is 0.640. The Balaban J connectivity index is 1.99. The number of guanidine groups is 1. The lowest BCUT2D eigenvalue weighted by Gasteiger charge is -2.18. The van der Waals surface area contributed by atoms with Crippen molar-refractivity contribution in [3.63, 3.8) is 0 Å². The van der Waals surface area contributed by atoms with Crippen molar-refractivity contribution in [3.8, 4) is 5.75 Å². The van der Waals surface area contributed by atoms with E-state index < -0.39 is 0 Å². The number of hydrogen-bond donors (Lipinski definition) is 2. The number of anilines is 1. The van der Waals surface area contributed by atoms with Gasteiger partial charge in [-0.05, 0) is 42.3 Å². The van der Waals surface area contributed by atoms with Crippen molar-refractivity contribution >= 4 is 28.9 Å². The maximum absolute atomic E-state index is 9.87. The normalized spacial score (nSPS) is 16.7. The first kappa shape index (κ1) is 18.1. The summed E-state index contributed by atoms with van der Waals surface area (Å²) in [6.45, 7) is 1.63. The van der Waals surface area contributed by atoms with Crippen molar-refractivity contribution in [1.82, 2.24) is 4.90 Å². The van der Waals surface area contributed by atoms with E-state index >= 15 is 0 Å². The minimum absolute atomic E-state index is 0.212. The maximum atomic E-state index is 9.87.